The van der Waals surface area contributed by atoms with Crippen LogP contribution in [0.2, 0.25) is 0 Å². The van der Waals surface area contributed by atoms with Crippen LogP contribution < -0.4 is 9.62 Å². The second-order valence-electron chi connectivity index (χ2n) is 8.77. The third-order valence-electron chi connectivity index (χ3n) is 6.31. The molecule has 3 heterocycles. The summed E-state index contributed by atoms with van der Waals surface area (Å²) < 4.78 is 25.4. The Morgan fingerprint density at radius 1 is 1.23 bits per heavy atom. The van der Waals surface area contributed by atoms with E-state index in [9.17, 15) is 13.2 Å². The van der Waals surface area contributed by atoms with Crippen LogP contribution in [0.25, 0.3) is 22.3 Å². The maximum absolute atomic E-state index is 13.1. The Kier molecular flexibility index (Phi) is 4.14. The molecule has 3 aromatic rings. The Morgan fingerprint density at radius 2 is 2.03 bits per heavy atom. The molecule has 1 aromatic carbocycles. The van der Waals surface area contributed by atoms with Crippen molar-refractivity contribution < 1.29 is 13.2 Å². The van der Waals surface area contributed by atoms with Gasteiger partial charge in [0.05, 0.1) is 29.3 Å². The van der Waals surface area contributed by atoms with Crippen LogP contribution in [0.5, 0.6) is 0 Å². The fourth-order valence-corrected chi connectivity index (χ4v) is 5.24. The second kappa shape index (κ2) is 6.42. The summed E-state index contributed by atoms with van der Waals surface area (Å²) >= 11 is 0. The number of nitrogens with zero attached hydrogens (tertiary/aromatic N) is 2. The number of sulfonamides is 1. The number of amides is 1. The number of carbonyl (C=O) groups is 1. The van der Waals surface area contributed by atoms with Crippen molar-refractivity contribution in [3.05, 3.63) is 35.0 Å². The molecule has 1 aliphatic heterocycles. The molecule has 9 heteroatoms. The Hall–Kier alpha value is -2.65. The molecule has 0 bridgehead atoms. The maximum atomic E-state index is 13.1. The number of aromatic amines is 2. The van der Waals surface area contributed by atoms with Crippen LogP contribution in [0.3, 0.4) is 0 Å². The molecule has 0 spiro atoms. The predicted octanol–water partition coefficient (Wildman–Crippen LogP) is 2.22. The Bertz CT molecular complexity index is 1290. The van der Waals surface area contributed by atoms with Gasteiger partial charge in [-0.25, -0.2) is 13.1 Å². The summed E-state index contributed by atoms with van der Waals surface area (Å²) in [5, 5.41) is 8.47. The highest BCUT2D eigenvalue weighted by atomic mass is 32.2. The number of fused-ring (bicyclic) bond motifs is 6. The first kappa shape index (κ1) is 19.3. The Labute approximate surface area is 175 Å². The number of aromatic nitrogens is 3. The van der Waals surface area contributed by atoms with Crippen molar-refractivity contribution in [2.45, 2.75) is 38.5 Å². The molecule has 158 valence electrons. The molecule has 0 atom stereocenters. The quantitative estimate of drug-likeness (QED) is 0.593. The predicted molar refractivity (Wildman–Crippen MR) is 116 cm³/mol. The second-order valence-corrected chi connectivity index (χ2v) is 10.6. The molecule has 0 radical (unpaired) electrons. The Morgan fingerprint density at radius 3 is 2.80 bits per heavy atom. The number of benzene rings is 1. The van der Waals surface area contributed by atoms with Gasteiger partial charge in [-0.05, 0) is 61.9 Å². The molecule has 2 aliphatic rings. The van der Waals surface area contributed by atoms with E-state index in [4.69, 9.17) is 0 Å². The highest BCUT2D eigenvalue weighted by molar-refractivity contribution is 7.88. The first-order valence-electron chi connectivity index (χ1n) is 10.1. The van der Waals surface area contributed by atoms with Crippen molar-refractivity contribution in [1.29, 1.82) is 0 Å². The third-order valence-corrected chi connectivity index (χ3v) is 7.04. The van der Waals surface area contributed by atoms with E-state index >= 15 is 0 Å². The summed E-state index contributed by atoms with van der Waals surface area (Å²) in [6.45, 7) is 4.32. The SMILES string of the molecule is CC1(C)C(=O)N(CCNS(C)(=O)=O)c2cc3c4c([nH]c3cc21)-c1[nH]ncc1CCC4. The topological polar surface area (TPSA) is 111 Å². The molecule has 0 fully saturated rings. The van der Waals surface area contributed by atoms with E-state index < -0.39 is 15.4 Å². The van der Waals surface area contributed by atoms with Crippen LogP contribution in [0, 0.1) is 0 Å². The lowest BCUT2D eigenvalue weighted by Gasteiger charge is -2.20. The van der Waals surface area contributed by atoms with Gasteiger partial charge in [-0.3, -0.25) is 9.89 Å². The van der Waals surface area contributed by atoms with Gasteiger partial charge in [0, 0.05) is 29.7 Å². The molecule has 2 aromatic heterocycles. The van der Waals surface area contributed by atoms with Crippen molar-refractivity contribution in [1.82, 2.24) is 19.9 Å². The monoisotopic (exact) mass is 427 g/mol. The van der Waals surface area contributed by atoms with Gasteiger partial charge >= 0.3 is 0 Å². The van der Waals surface area contributed by atoms with Gasteiger partial charge in [0.25, 0.3) is 0 Å². The van der Waals surface area contributed by atoms with Crippen molar-refractivity contribution in [2.24, 2.45) is 0 Å². The first-order chi connectivity index (χ1) is 14.2. The van der Waals surface area contributed by atoms with Crippen LogP contribution in [0.4, 0.5) is 5.69 Å². The van der Waals surface area contributed by atoms with Gasteiger partial charge in [0.1, 0.15) is 0 Å². The summed E-state index contributed by atoms with van der Waals surface area (Å²) in [7, 11) is -3.31. The normalized spacial score (nSPS) is 17.7. The minimum Gasteiger partial charge on any atom is -0.353 e. The van der Waals surface area contributed by atoms with Gasteiger partial charge in [-0.15, -0.1) is 0 Å². The number of aryl methyl sites for hydroxylation is 2. The van der Waals surface area contributed by atoms with E-state index in [2.05, 4.69) is 32.0 Å². The molecule has 1 amide bonds. The zero-order chi connectivity index (χ0) is 21.3. The smallest absolute Gasteiger partial charge is 0.237 e. The van der Waals surface area contributed by atoms with E-state index in [1.54, 1.807) is 4.90 Å². The summed E-state index contributed by atoms with van der Waals surface area (Å²) in [6.07, 6.45) is 5.99. The summed E-state index contributed by atoms with van der Waals surface area (Å²) in [5.41, 5.74) is 6.74. The molecule has 8 nitrogen and oxygen atoms in total. The van der Waals surface area contributed by atoms with Crippen molar-refractivity contribution in [3.8, 4) is 11.4 Å². The van der Waals surface area contributed by atoms with Gasteiger partial charge in [-0.2, -0.15) is 5.10 Å². The van der Waals surface area contributed by atoms with Gasteiger partial charge < -0.3 is 9.88 Å². The number of nitrogens with one attached hydrogen (secondary N) is 3. The molecule has 3 N–H and O–H groups in total. The van der Waals surface area contributed by atoms with Gasteiger partial charge in [0.15, 0.2) is 0 Å². The Balaban J connectivity index is 1.62. The average Bonchev–Trinajstić information content (AvgIpc) is 3.28. The molecule has 0 saturated carbocycles. The lowest BCUT2D eigenvalue weighted by Crippen LogP contribution is -2.40. The summed E-state index contributed by atoms with van der Waals surface area (Å²) in [4.78, 5) is 18.4. The largest absolute Gasteiger partial charge is 0.353 e. The van der Waals surface area contributed by atoms with E-state index in [0.717, 1.165) is 59.1 Å². The lowest BCUT2D eigenvalue weighted by atomic mass is 9.85. The fraction of sp³-hybridized carbons (Fsp3) is 0.429. The van der Waals surface area contributed by atoms with Crippen LogP contribution in [0.15, 0.2) is 18.3 Å². The molecule has 5 rings (SSSR count). The van der Waals surface area contributed by atoms with Crippen molar-refractivity contribution >= 4 is 32.5 Å². The number of hydrogen-bond acceptors (Lipinski definition) is 4. The molecule has 30 heavy (non-hydrogen) atoms. The number of carbonyl (C=O) groups excluding carboxylic acids is 1. The van der Waals surface area contributed by atoms with Crippen LogP contribution in [-0.2, 0) is 33.1 Å². The van der Waals surface area contributed by atoms with E-state index in [-0.39, 0.29) is 12.5 Å². The van der Waals surface area contributed by atoms with Crippen molar-refractivity contribution in [2.75, 3.05) is 24.2 Å². The third kappa shape index (κ3) is 2.87. The van der Waals surface area contributed by atoms with Gasteiger partial charge in [-0.1, -0.05) is 0 Å². The zero-order valence-corrected chi connectivity index (χ0v) is 18.1. The standard InChI is InChI=1S/C21H25N5O3S/c1-21(2)15-10-16-14(9-17(15)26(20(21)27)8-7-23-30(3,28)29)13-6-4-5-12-11-22-25-18(12)19(13)24-16/h9-11,23-24H,4-8H2,1-3H3,(H,22,25). The minimum absolute atomic E-state index is 0.0117. The summed E-state index contributed by atoms with van der Waals surface area (Å²) in [6, 6.07) is 4.17. The van der Waals surface area contributed by atoms with E-state index in [1.165, 1.54) is 11.1 Å². The molecular formula is C21H25N5O3S. The number of anilines is 1. The van der Waals surface area contributed by atoms with Crippen LogP contribution in [-0.4, -0.2) is 48.9 Å². The van der Waals surface area contributed by atoms with Gasteiger partial charge in [0.2, 0.25) is 15.9 Å². The fourth-order valence-electron chi connectivity index (χ4n) is 4.78. The van der Waals surface area contributed by atoms with E-state index in [0.29, 0.717) is 6.54 Å². The minimum atomic E-state index is -3.31. The number of H-pyrrole nitrogens is 2. The summed E-state index contributed by atoms with van der Waals surface area (Å²) in [5.74, 6) is -0.0117. The van der Waals surface area contributed by atoms with Crippen LogP contribution >= 0.6 is 0 Å². The van der Waals surface area contributed by atoms with E-state index in [1.807, 2.05) is 20.0 Å². The zero-order valence-electron chi connectivity index (χ0n) is 17.3. The number of hydrogen-bond donors (Lipinski definition) is 3. The molecule has 0 saturated heterocycles. The number of rotatable bonds is 4. The van der Waals surface area contributed by atoms with Crippen LogP contribution in [0.1, 0.15) is 37.0 Å². The molecule has 0 unspecified atom stereocenters. The first-order valence-corrected chi connectivity index (χ1v) is 12.0. The molecular weight excluding hydrogens is 402 g/mol. The maximum Gasteiger partial charge on any atom is 0.237 e. The highest BCUT2D eigenvalue weighted by Gasteiger charge is 2.44. The highest BCUT2D eigenvalue weighted by Crippen LogP contribution is 2.45. The molecule has 1 aliphatic carbocycles. The van der Waals surface area contributed by atoms with Crippen molar-refractivity contribution in [3.63, 3.8) is 0 Å². The average molecular weight is 428 g/mol. The lowest BCUT2D eigenvalue weighted by molar-refractivity contribution is -0.122.